The van der Waals surface area contributed by atoms with Crippen LogP contribution in [0.4, 0.5) is 0 Å². The number of fused-ring (bicyclic) bond motifs is 1. The standard InChI is InChI=1S/C17H12N2O/c18-9-12-4-3-6-13(8-12)17(20)16-11-19-10-14-5-1-2-7-15(14)16/h1-8,10-11,17,20H. The zero-order valence-corrected chi connectivity index (χ0v) is 10.7. The van der Waals surface area contributed by atoms with Crippen LogP contribution in [0.1, 0.15) is 22.8 Å². The normalized spacial score (nSPS) is 12.0. The lowest BCUT2D eigenvalue weighted by Gasteiger charge is -2.13. The average Bonchev–Trinajstić information content (AvgIpc) is 2.53. The minimum absolute atomic E-state index is 0.537. The van der Waals surface area contributed by atoms with Gasteiger partial charge in [0.2, 0.25) is 0 Å². The third-order valence-corrected chi connectivity index (χ3v) is 3.33. The SMILES string of the molecule is N#Cc1cccc(C(O)c2cncc3ccccc23)c1. The van der Waals surface area contributed by atoms with Crippen molar-refractivity contribution in [2.24, 2.45) is 0 Å². The molecular formula is C17H12N2O. The van der Waals surface area contributed by atoms with Gasteiger partial charge in [0.15, 0.2) is 0 Å². The Kier molecular flexibility index (Phi) is 3.16. The quantitative estimate of drug-likeness (QED) is 0.769. The fourth-order valence-electron chi connectivity index (χ4n) is 2.32. The first-order valence-electron chi connectivity index (χ1n) is 6.30. The average molecular weight is 260 g/mol. The number of nitriles is 1. The minimum Gasteiger partial charge on any atom is -0.384 e. The summed E-state index contributed by atoms with van der Waals surface area (Å²) in [5.74, 6) is 0. The second kappa shape index (κ2) is 5.12. The molecule has 1 aromatic heterocycles. The van der Waals surface area contributed by atoms with Crippen LogP contribution in [0.15, 0.2) is 60.9 Å². The van der Waals surface area contributed by atoms with Crippen LogP contribution in [-0.4, -0.2) is 10.1 Å². The molecule has 3 aromatic rings. The summed E-state index contributed by atoms with van der Waals surface area (Å²) >= 11 is 0. The molecule has 3 heteroatoms. The minimum atomic E-state index is -0.790. The molecule has 96 valence electrons. The lowest BCUT2D eigenvalue weighted by Crippen LogP contribution is -2.01. The molecule has 1 N–H and O–H groups in total. The zero-order chi connectivity index (χ0) is 13.9. The molecule has 0 aliphatic carbocycles. The molecule has 0 aliphatic rings. The largest absolute Gasteiger partial charge is 0.384 e. The van der Waals surface area contributed by atoms with E-state index >= 15 is 0 Å². The molecule has 0 fully saturated rings. The van der Waals surface area contributed by atoms with Gasteiger partial charge in [0, 0.05) is 23.3 Å². The van der Waals surface area contributed by atoms with E-state index in [-0.39, 0.29) is 0 Å². The van der Waals surface area contributed by atoms with E-state index < -0.39 is 6.10 Å². The Labute approximate surface area is 116 Å². The molecule has 0 bridgehead atoms. The number of pyridine rings is 1. The molecular weight excluding hydrogens is 248 g/mol. The van der Waals surface area contributed by atoms with Crippen molar-refractivity contribution in [1.82, 2.24) is 4.98 Å². The Morgan fingerprint density at radius 3 is 2.75 bits per heavy atom. The van der Waals surface area contributed by atoms with Gasteiger partial charge in [-0.15, -0.1) is 0 Å². The predicted octanol–water partition coefficient (Wildman–Crippen LogP) is 3.19. The van der Waals surface area contributed by atoms with Gasteiger partial charge < -0.3 is 5.11 Å². The smallest absolute Gasteiger partial charge is 0.106 e. The van der Waals surface area contributed by atoms with Crippen molar-refractivity contribution < 1.29 is 5.11 Å². The van der Waals surface area contributed by atoms with Crippen LogP contribution in [-0.2, 0) is 0 Å². The van der Waals surface area contributed by atoms with Crippen LogP contribution in [0.5, 0.6) is 0 Å². The van der Waals surface area contributed by atoms with E-state index in [9.17, 15) is 5.11 Å². The van der Waals surface area contributed by atoms with E-state index in [2.05, 4.69) is 11.1 Å². The van der Waals surface area contributed by atoms with Crippen molar-refractivity contribution in [1.29, 1.82) is 5.26 Å². The Balaban J connectivity index is 2.13. The second-order valence-corrected chi connectivity index (χ2v) is 4.59. The van der Waals surface area contributed by atoms with E-state index in [4.69, 9.17) is 5.26 Å². The van der Waals surface area contributed by atoms with Gasteiger partial charge in [-0.3, -0.25) is 4.98 Å². The topological polar surface area (TPSA) is 56.9 Å². The monoisotopic (exact) mass is 260 g/mol. The maximum absolute atomic E-state index is 10.6. The number of rotatable bonds is 2. The summed E-state index contributed by atoms with van der Waals surface area (Å²) in [6.07, 6.45) is 2.66. The Morgan fingerprint density at radius 2 is 1.90 bits per heavy atom. The van der Waals surface area contributed by atoms with Crippen LogP contribution < -0.4 is 0 Å². The second-order valence-electron chi connectivity index (χ2n) is 4.59. The van der Waals surface area contributed by atoms with Crippen molar-refractivity contribution in [3.05, 3.63) is 77.6 Å². The molecule has 1 unspecified atom stereocenters. The van der Waals surface area contributed by atoms with Crippen LogP contribution in [0.2, 0.25) is 0 Å². The van der Waals surface area contributed by atoms with Crippen molar-refractivity contribution in [3.63, 3.8) is 0 Å². The fraction of sp³-hybridized carbons (Fsp3) is 0.0588. The molecule has 1 heterocycles. The third-order valence-electron chi connectivity index (χ3n) is 3.33. The van der Waals surface area contributed by atoms with Gasteiger partial charge in [-0.1, -0.05) is 36.4 Å². The van der Waals surface area contributed by atoms with E-state index in [1.807, 2.05) is 30.3 Å². The summed E-state index contributed by atoms with van der Waals surface area (Å²) in [5, 5.41) is 21.5. The maximum atomic E-state index is 10.6. The summed E-state index contributed by atoms with van der Waals surface area (Å²) in [5.41, 5.74) is 1.98. The predicted molar refractivity (Wildman–Crippen MR) is 77.0 cm³/mol. The highest BCUT2D eigenvalue weighted by molar-refractivity contribution is 5.85. The molecule has 1 atom stereocenters. The maximum Gasteiger partial charge on any atom is 0.106 e. The summed E-state index contributed by atoms with van der Waals surface area (Å²) in [6, 6.07) is 16.9. The van der Waals surface area contributed by atoms with Crippen LogP contribution in [0.3, 0.4) is 0 Å². The van der Waals surface area contributed by atoms with Crippen molar-refractivity contribution in [2.45, 2.75) is 6.10 Å². The molecule has 3 rings (SSSR count). The van der Waals surface area contributed by atoms with Crippen LogP contribution >= 0.6 is 0 Å². The van der Waals surface area contributed by atoms with Gasteiger partial charge >= 0.3 is 0 Å². The van der Waals surface area contributed by atoms with Gasteiger partial charge in [0.25, 0.3) is 0 Å². The fourth-order valence-corrected chi connectivity index (χ4v) is 2.32. The number of hydrogen-bond acceptors (Lipinski definition) is 3. The molecule has 0 aliphatic heterocycles. The first kappa shape index (κ1) is 12.3. The lowest BCUT2D eigenvalue weighted by molar-refractivity contribution is 0.221. The molecule has 20 heavy (non-hydrogen) atoms. The van der Waals surface area contributed by atoms with Crippen LogP contribution in [0, 0.1) is 11.3 Å². The number of aliphatic hydroxyl groups is 1. The van der Waals surface area contributed by atoms with Gasteiger partial charge in [-0.25, -0.2) is 0 Å². The molecule has 2 aromatic carbocycles. The summed E-state index contributed by atoms with van der Waals surface area (Å²) in [4.78, 5) is 4.18. The number of benzene rings is 2. The van der Waals surface area contributed by atoms with Gasteiger partial charge in [-0.2, -0.15) is 5.26 Å². The molecule has 0 spiro atoms. The van der Waals surface area contributed by atoms with Crippen molar-refractivity contribution in [2.75, 3.05) is 0 Å². The Bertz CT molecular complexity index is 800. The van der Waals surface area contributed by atoms with E-state index in [1.165, 1.54) is 0 Å². The molecule has 3 nitrogen and oxygen atoms in total. The Morgan fingerprint density at radius 1 is 1.05 bits per heavy atom. The van der Waals surface area contributed by atoms with E-state index in [0.717, 1.165) is 16.3 Å². The summed E-state index contributed by atoms with van der Waals surface area (Å²) in [7, 11) is 0. The first-order valence-corrected chi connectivity index (χ1v) is 6.30. The van der Waals surface area contributed by atoms with Crippen molar-refractivity contribution in [3.8, 4) is 6.07 Å². The van der Waals surface area contributed by atoms with Gasteiger partial charge in [0.05, 0.1) is 11.6 Å². The number of nitrogens with zero attached hydrogens (tertiary/aromatic N) is 2. The van der Waals surface area contributed by atoms with Crippen LogP contribution in [0.25, 0.3) is 10.8 Å². The number of aromatic nitrogens is 1. The van der Waals surface area contributed by atoms with E-state index in [1.54, 1.807) is 30.6 Å². The summed E-state index contributed by atoms with van der Waals surface area (Å²) < 4.78 is 0. The third kappa shape index (κ3) is 2.13. The van der Waals surface area contributed by atoms with E-state index in [0.29, 0.717) is 11.1 Å². The number of aliphatic hydroxyl groups excluding tert-OH is 1. The highest BCUT2D eigenvalue weighted by atomic mass is 16.3. The molecule has 0 amide bonds. The highest BCUT2D eigenvalue weighted by Gasteiger charge is 2.14. The molecule has 0 saturated carbocycles. The Hall–Kier alpha value is -2.70. The van der Waals surface area contributed by atoms with Crippen molar-refractivity contribution >= 4 is 10.8 Å². The zero-order valence-electron chi connectivity index (χ0n) is 10.7. The first-order chi connectivity index (χ1) is 9.79. The van der Waals surface area contributed by atoms with Gasteiger partial charge in [0.1, 0.15) is 6.10 Å². The van der Waals surface area contributed by atoms with Gasteiger partial charge in [-0.05, 0) is 23.1 Å². The lowest BCUT2D eigenvalue weighted by atomic mass is 9.97. The number of hydrogen-bond donors (Lipinski definition) is 1. The highest BCUT2D eigenvalue weighted by Crippen LogP contribution is 2.28. The molecule has 0 saturated heterocycles. The summed E-state index contributed by atoms with van der Waals surface area (Å²) in [6.45, 7) is 0. The molecule has 0 radical (unpaired) electrons.